The predicted molar refractivity (Wildman–Crippen MR) is 118 cm³/mol. The van der Waals surface area contributed by atoms with E-state index in [1.54, 1.807) is 21.5 Å². The summed E-state index contributed by atoms with van der Waals surface area (Å²) >= 11 is 5.82. The van der Waals surface area contributed by atoms with Crippen LogP contribution in [-0.2, 0) is 29.0 Å². The van der Waals surface area contributed by atoms with Crippen molar-refractivity contribution in [2.24, 2.45) is 0 Å². The Balaban J connectivity index is 1.45. The van der Waals surface area contributed by atoms with Gasteiger partial charge in [-0.3, -0.25) is 14.3 Å². The number of nitrogens with zero attached hydrogens (tertiary/aromatic N) is 4. The Hall–Kier alpha value is -2.59. The molecule has 34 heavy (non-hydrogen) atoms. The summed E-state index contributed by atoms with van der Waals surface area (Å²) in [5.74, 6) is -0.962. The number of hydrogen-bond donors (Lipinski definition) is 0. The van der Waals surface area contributed by atoms with Gasteiger partial charge in [0.15, 0.2) is 0 Å². The molecule has 0 radical (unpaired) electrons. The minimum atomic E-state index is -2.84. The van der Waals surface area contributed by atoms with Crippen molar-refractivity contribution in [2.45, 2.75) is 57.3 Å². The Morgan fingerprint density at radius 2 is 2.06 bits per heavy atom. The number of alkyl halides is 2. The summed E-state index contributed by atoms with van der Waals surface area (Å²) in [5, 5.41) is 4.28. The number of carbonyl (C=O) groups excluding carboxylic acids is 2. The molecule has 2 aliphatic rings. The third-order valence-electron chi connectivity index (χ3n) is 6.91. The smallest absolute Gasteiger partial charge is 0.336 e. The quantitative estimate of drug-likeness (QED) is 0.554. The first-order chi connectivity index (χ1) is 16.2. The second-order valence-electron chi connectivity index (χ2n) is 8.79. The van der Waals surface area contributed by atoms with Gasteiger partial charge in [-0.1, -0.05) is 17.7 Å². The summed E-state index contributed by atoms with van der Waals surface area (Å²) in [7, 11) is 1.68. The van der Waals surface area contributed by atoms with Crippen LogP contribution in [0.2, 0.25) is 5.02 Å². The van der Waals surface area contributed by atoms with E-state index in [-0.39, 0.29) is 36.4 Å². The van der Waals surface area contributed by atoms with E-state index in [1.165, 1.54) is 24.4 Å². The number of halogens is 4. The number of hydrogen-bond acceptors (Lipinski definition) is 4. The number of ether oxygens (including phenoxy) is 1. The number of fused-ring (bicyclic) bond motifs is 1. The largest absolute Gasteiger partial charge is 0.345 e. The Labute approximate surface area is 200 Å². The van der Waals surface area contributed by atoms with Crippen molar-refractivity contribution < 1.29 is 27.5 Å². The van der Waals surface area contributed by atoms with Crippen molar-refractivity contribution in [3.8, 4) is 0 Å². The zero-order chi connectivity index (χ0) is 24.5. The highest BCUT2D eigenvalue weighted by Crippen LogP contribution is 2.41. The Bertz CT molecular complexity index is 1070. The van der Waals surface area contributed by atoms with Crippen molar-refractivity contribution in [2.75, 3.05) is 20.2 Å². The van der Waals surface area contributed by atoms with E-state index in [0.29, 0.717) is 36.3 Å². The highest BCUT2D eigenvalue weighted by Gasteiger charge is 2.44. The van der Waals surface area contributed by atoms with E-state index in [4.69, 9.17) is 11.6 Å². The minimum absolute atomic E-state index is 0.0400. The topological polar surface area (TPSA) is 67.7 Å². The molecule has 1 aliphatic carbocycles. The molecule has 184 valence electrons. The zero-order valence-electron chi connectivity index (χ0n) is 18.8. The molecule has 0 spiro atoms. The highest BCUT2D eigenvalue weighted by molar-refractivity contribution is 6.30. The molecule has 0 bridgehead atoms. The molecular weight excluding hydrogens is 473 g/mol. The van der Waals surface area contributed by atoms with Crippen LogP contribution < -0.4 is 0 Å². The van der Waals surface area contributed by atoms with Gasteiger partial charge in [0, 0.05) is 19.1 Å². The summed E-state index contributed by atoms with van der Waals surface area (Å²) in [6.45, 7) is -1.88. The van der Waals surface area contributed by atoms with Crippen molar-refractivity contribution in [3.05, 3.63) is 52.1 Å². The zero-order valence-corrected chi connectivity index (χ0v) is 19.5. The average Bonchev–Trinajstić information content (AvgIpc) is 3.20. The number of aromatic nitrogens is 2. The predicted octanol–water partition coefficient (Wildman–Crippen LogP) is 3.88. The van der Waals surface area contributed by atoms with Crippen LogP contribution in [0.1, 0.15) is 47.3 Å². The lowest BCUT2D eigenvalue weighted by molar-refractivity contribution is -0.138. The van der Waals surface area contributed by atoms with Gasteiger partial charge < -0.3 is 14.5 Å². The third-order valence-corrected chi connectivity index (χ3v) is 7.19. The maximum Gasteiger partial charge on any atom is 0.345 e. The van der Waals surface area contributed by atoms with Crippen LogP contribution in [0.4, 0.5) is 13.2 Å². The van der Waals surface area contributed by atoms with Crippen LogP contribution in [0.3, 0.4) is 0 Å². The summed E-state index contributed by atoms with van der Waals surface area (Å²) < 4.78 is 44.4. The van der Waals surface area contributed by atoms with Gasteiger partial charge in [-0.05, 0) is 43.4 Å². The fourth-order valence-corrected chi connectivity index (χ4v) is 4.85. The van der Waals surface area contributed by atoms with E-state index >= 15 is 0 Å². The molecule has 7 nitrogen and oxygen atoms in total. The molecule has 0 N–H and O–H groups in total. The molecule has 0 unspecified atom stereocenters. The van der Waals surface area contributed by atoms with Crippen molar-refractivity contribution in [3.63, 3.8) is 0 Å². The standard InChI is InChI=1S/C23H26ClF3N4O3/c1-29(23(5-2-6-23)7-10-34-22(26)27)21(33)16-13-28-31-9-8-30(14-19(16)31)20(32)12-15-3-4-18(25)17(24)11-15/h3-4,11,13,22H,2,5-10,12,14H2,1H3. The number of amides is 2. The molecule has 2 amide bonds. The molecule has 0 saturated heterocycles. The van der Waals surface area contributed by atoms with Gasteiger partial charge >= 0.3 is 6.61 Å². The molecule has 2 heterocycles. The van der Waals surface area contributed by atoms with E-state index in [0.717, 1.165) is 19.3 Å². The van der Waals surface area contributed by atoms with Crippen LogP contribution >= 0.6 is 11.6 Å². The molecular formula is C23H26ClF3N4O3. The molecule has 0 atom stereocenters. The van der Waals surface area contributed by atoms with Crippen LogP contribution in [0, 0.1) is 5.82 Å². The first kappa shape index (κ1) is 24.5. The van der Waals surface area contributed by atoms with E-state index < -0.39 is 18.0 Å². The lowest BCUT2D eigenvalue weighted by Crippen LogP contribution is -2.55. The van der Waals surface area contributed by atoms with E-state index in [2.05, 4.69) is 9.84 Å². The van der Waals surface area contributed by atoms with Crippen molar-refractivity contribution in [1.82, 2.24) is 19.6 Å². The van der Waals surface area contributed by atoms with Gasteiger partial charge in [0.05, 0.1) is 48.6 Å². The molecule has 1 aliphatic heterocycles. The molecule has 1 saturated carbocycles. The molecule has 1 aromatic carbocycles. The van der Waals surface area contributed by atoms with Gasteiger partial charge in [0.25, 0.3) is 5.91 Å². The van der Waals surface area contributed by atoms with Crippen LogP contribution in [0.5, 0.6) is 0 Å². The molecule has 1 aromatic heterocycles. The van der Waals surface area contributed by atoms with Crippen molar-refractivity contribution >= 4 is 23.4 Å². The van der Waals surface area contributed by atoms with E-state index in [9.17, 15) is 22.8 Å². The van der Waals surface area contributed by atoms with Gasteiger partial charge in [0.2, 0.25) is 5.91 Å². The van der Waals surface area contributed by atoms with Gasteiger partial charge in [-0.15, -0.1) is 0 Å². The first-order valence-electron chi connectivity index (χ1n) is 11.1. The Morgan fingerprint density at radius 1 is 1.29 bits per heavy atom. The maximum absolute atomic E-state index is 13.4. The van der Waals surface area contributed by atoms with E-state index in [1.807, 2.05) is 0 Å². The fraction of sp³-hybridized carbons (Fsp3) is 0.522. The average molecular weight is 499 g/mol. The summed E-state index contributed by atoms with van der Waals surface area (Å²) in [6.07, 6.45) is 4.24. The Kier molecular flexibility index (Phi) is 7.18. The van der Waals surface area contributed by atoms with Crippen LogP contribution in [-0.4, -0.2) is 63.7 Å². The summed E-state index contributed by atoms with van der Waals surface area (Å²) in [5.41, 5.74) is 1.11. The molecule has 11 heteroatoms. The SMILES string of the molecule is CN(C(=O)c1cnn2c1CN(C(=O)Cc1ccc(F)c(Cl)c1)CC2)C1(CCOC(F)F)CCC1. The normalized spacial score (nSPS) is 16.8. The molecule has 4 rings (SSSR count). The fourth-order valence-electron chi connectivity index (χ4n) is 4.65. The summed E-state index contributed by atoms with van der Waals surface area (Å²) in [4.78, 5) is 29.5. The van der Waals surface area contributed by atoms with Gasteiger partial charge in [-0.25, -0.2) is 4.39 Å². The van der Waals surface area contributed by atoms with Crippen LogP contribution in [0.25, 0.3) is 0 Å². The monoisotopic (exact) mass is 498 g/mol. The lowest BCUT2D eigenvalue weighted by atomic mass is 9.73. The van der Waals surface area contributed by atoms with Crippen LogP contribution in [0.15, 0.2) is 24.4 Å². The first-order valence-corrected chi connectivity index (χ1v) is 11.5. The molecule has 1 fully saturated rings. The van der Waals surface area contributed by atoms with Gasteiger partial charge in [-0.2, -0.15) is 13.9 Å². The number of benzene rings is 1. The maximum atomic E-state index is 13.4. The Morgan fingerprint density at radius 3 is 2.71 bits per heavy atom. The number of rotatable bonds is 8. The lowest BCUT2D eigenvalue weighted by Gasteiger charge is -2.49. The number of carbonyl (C=O) groups is 2. The second kappa shape index (κ2) is 9.95. The molecule has 2 aromatic rings. The van der Waals surface area contributed by atoms with Gasteiger partial charge in [0.1, 0.15) is 5.82 Å². The highest BCUT2D eigenvalue weighted by atomic mass is 35.5. The van der Waals surface area contributed by atoms with Crippen molar-refractivity contribution in [1.29, 1.82) is 0 Å². The summed E-state index contributed by atoms with van der Waals surface area (Å²) in [6, 6.07) is 4.18. The second-order valence-corrected chi connectivity index (χ2v) is 9.20. The minimum Gasteiger partial charge on any atom is -0.336 e. The third kappa shape index (κ3) is 4.93.